The molecule has 0 saturated heterocycles. The minimum atomic E-state index is -0.758. The maximum Gasteiger partial charge on any atom is 0.328 e. The normalized spacial score (nSPS) is 13.1. The molecule has 21 heavy (non-hydrogen) atoms. The van der Waals surface area contributed by atoms with E-state index in [-0.39, 0.29) is 24.8 Å². The maximum absolute atomic E-state index is 11.5. The predicted octanol–water partition coefficient (Wildman–Crippen LogP) is 4.32. The van der Waals surface area contributed by atoms with E-state index in [1.54, 1.807) is 0 Å². The van der Waals surface area contributed by atoms with Gasteiger partial charge in [-0.2, -0.15) is 0 Å². The van der Waals surface area contributed by atoms with Gasteiger partial charge in [0.15, 0.2) is 0 Å². The van der Waals surface area contributed by atoms with Crippen LogP contribution >= 0.6 is 69.8 Å². The summed E-state index contributed by atoms with van der Waals surface area (Å²) in [6.45, 7) is 1.31. The molecule has 0 radical (unpaired) electrons. The molecule has 0 bridgehead atoms. The number of esters is 1. The Balaban J connectivity index is 4.64. The van der Waals surface area contributed by atoms with Crippen LogP contribution in [0.25, 0.3) is 0 Å². The minimum Gasteiger partial charge on any atom is -0.467 e. The molecular formula is C11H12Cl5NO3S. The Morgan fingerprint density at radius 3 is 2.14 bits per heavy atom. The molecule has 0 rings (SSSR count). The molecule has 0 aromatic heterocycles. The van der Waals surface area contributed by atoms with Crippen molar-refractivity contribution in [2.75, 3.05) is 12.9 Å². The quantitative estimate of drug-likeness (QED) is 0.497. The van der Waals surface area contributed by atoms with Gasteiger partial charge in [0.1, 0.15) is 10.5 Å². The standard InChI is InChI=1S/C11H12Cl5NO3S/c1-5(18)17-6(11(19)20-2)3-4-21-10(16)8(13)7(12)9(14)15/h6H,3-4H2,1-2H3,(H,17,18)/b10-8-/t6-/m0/s1. The Bertz CT molecular complexity index is 463. The van der Waals surface area contributed by atoms with Gasteiger partial charge in [-0.05, 0) is 6.42 Å². The van der Waals surface area contributed by atoms with Gasteiger partial charge in [0.25, 0.3) is 0 Å². The monoisotopic (exact) mass is 413 g/mol. The van der Waals surface area contributed by atoms with E-state index in [0.29, 0.717) is 12.2 Å². The third-order valence-electron chi connectivity index (χ3n) is 2.03. The Labute approximate surface area is 152 Å². The zero-order valence-electron chi connectivity index (χ0n) is 11.0. The van der Waals surface area contributed by atoms with Gasteiger partial charge in [0, 0.05) is 12.7 Å². The minimum absolute atomic E-state index is 0.0116. The van der Waals surface area contributed by atoms with Crippen LogP contribution in [0.1, 0.15) is 13.3 Å². The molecule has 4 nitrogen and oxygen atoms in total. The van der Waals surface area contributed by atoms with Crippen molar-refractivity contribution < 1.29 is 14.3 Å². The van der Waals surface area contributed by atoms with E-state index in [2.05, 4.69) is 10.1 Å². The molecule has 0 aromatic rings. The molecule has 1 N–H and O–H groups in total. The Kier molecular flexibility index (Phi) is 11.0. The van der Waals surface area contributed by atoms with E-state index in [1.165, 1.54) is 14.0 Å². The van der Waals surface area contributed by atoms with E-state index in [4.69, 9.17) is 58.0 Å². The number of thioether (sulfide) groups is 1. The van der Waals surface area contributed by atoms with Gasteiger partial charge in [-0.25, -0.2) is 4.79 Å². The molecule has 0 fully saturated rings. The van der Waals surface area contributed by atoms with Crippen LogP contribution in [0.4, 0.5) is 0 Å². The highest BCUT2D eigenvalue weighted by Crippen LogP contribution is 2.36. The van der Waals surface area contributed by atoms with Crippen LogP contribution in [-0.4, -0.2) is 30.8 Å². The van der Waals surface area contributed by atoms with Gasteiger partial charge in [-0.15, -0.1) is 11.8 Å². The maximum atomic E-state index is 11.5. The van der Waals surface area contributed by atoms with E-state index < -0.39 is 12.0 Å². The Morgan fingerprint density at radius 2 is 1.71 bits per heavy atom. The van der Waals surface area contributed by atoms with E-state index in [9.17, 15) is 9.59 Å². The number of methoxy groups -OCH3 is 1. The fraction of sp³-hybridized carbons (Fsp3) is 0.455. The fourth-order valence-electron chi connectivity index (χ4n) is 1.14. The van der Waals surface area contributed by atoms with Crippen molar-refractivity contribution in [3.8, 4) is 0 Å². The summed E-state index contributed by atoms with van der Waals surface area (Å²) in [5.41, 5.74) is 0. The van der Waals surface area contributed by atoms with Crippen molar-refractivity contribution in [3.05, 3.63) is 18.9 Å². The van der Waals surface area contributed by atoms with Crippen LogP contribution in [0.3, 0.4) is 0 Å². The Hall–Kier alpha value is 0.220. The summed E-state index contributed by atoms with van der Waals surface area (Å²) in [6.07, 6.45) is 0.299. The number of ether oxygens (including phenoxy) is 1. The van der Waals surface area contributed by atoms with Gasteiger partial charge in [0.05, 0.1) is 21.5 Å². The lowest BCUT2D eigenvalue weighted by Gasteiger charge is -2.15. The van der Waals surface area contributed by atoms with Gasteiger partial charge in [-0.1, -0.05) is 58.0 Å². The smallest absolute Gasteiger partial charge is 0.328 e. The number of allylic oxidation sites excluding steroid dienone is 2. The zero-order valence-corrected chi connectivity index (χ0v) is 15.6. The van der Waals surface area contributed by atoms with Crippen molar-refractivity contribution >= 4 is 81.6 Å². The topological polar surface area (TPSA) is 55.4 Å². The highest BCUT2D eigenvalue weighted by atomic mass is 35.5. The molecule has 0 heterocycles. The molecule has 0 saturated carbocycles. The van der Waals surface area contributed by atoms with Crippen molar-refractivity contribution in [1.82, 2.24) is 5.32 Å². The van der Waals surface area contributed by atoms with Crippen molar-refractivity contribution in [2.45, 2.75) is 19.4 Å². The first-order valence-corrected chi connectivity index (χ1v) is 8.32. The van der Waals surface area contributed by atoms with Crippen LogP contribution in [0.2, 0.25) is 0 Å². The number of carbonyl (C=O) groups is 2. The lowest BCUT2D eigenvalue weighted by atomic mass is 10.2. The molecule has 0 unspecified atom stereocenters. The second-order valence-electron chi connectivity index (χ2n) is 3.58. The van der Waals surface area contributed by atoms with E-state index >= 15 is 0 Å². The number of nitrogens with one attached hydrogen (secondary N) is 1. The molecule has 0 aliphatic carbocycles. The zero-order chi connectivity index (χ0) is 16.6. The van der Waals surface area contributed by atoms with Crippen molar-refractivity contribution in [3.63, 3.8) is 0 Å². The molecule has 1 atom stereocenters. The first-order valence-electron chi connectivity index (χ1n) is 5.44. The first kappa shape index (κ1) is 21.2. The van der Waals surface area contributed by atoms with Gasteiger partial charge < -0.3 is 10.1 Å². The summed E-state index contributed by atoms with van der Waals surface area (Å²) >= 11 is 29.7. The lowest BCUT2D eigenvalue weighted by molar-refractivity contribution is -0.144. The number of halogens is 5. The number of hydrogen-bond donors (Lipinski definition) is 1. The van der Waals surface area contributed by atoms with Crippen LogP contribution in [0, 0.1) is 0 Å². The third kappa shape index (κ3) is 8.43. The lowest BCUT2D eigenvalue weighted by Crippen LogP contribution is -2.40. The number of carbonyl (C=O) groups excluding carboxylic acids is 2. The van der Waals surface area contributed by atoms with Crippen LogP contribution < -0.4 is 5.32 Å². The molecule has 120 valence electrons. The summed E-state index contributed by atoms with van der Waals surface area (Å²) in [5, 5.41) is 2.42. The van der Waals surface area contributed by atoms with Crippen LogP contribution in [-0.2, 0) is 14.3 Å². The summed E-state index contributed by atoms with van der Waals surface area (Å²) in [4.78, 5) is 22.5. The summed E-state index contributed by atoms with van der Waals surface area (Å²) in [7, 11) is 1.24. The SMILES string of the molecule is COC(=O)[C@H](CCS/C(Cl)=C(\Cl)C(Cl)=C(Cl)Cl)NC(C)=O. The van der Waals surface area contributed by atoms with E-state index in [0.717, 1.165) is 11.8 Å². The summed E-state index contributed by atoms with van der Waals surface area (Å²) in [6, 6.07) is -0.758. The average molecular weight is 416 g/mol. The van der Waals surface area contributed by atoms with Gasteiger partial charge in [-0.3, -0.25) is 4.79 Å². The van der Waals surface area contributed by atoms with Crippen LogP contribution in [0.5, 0.6) is 0 Å². The largest absolute Gasteiger partial charge is 0.467 e. The molecule has 1 amide bonds. The summed E-state index contributed by atoms with van der Waals surface area (Å²) < 4.78 is 4.56. The van der Waals surface area contributed by atoms with E-state index in [1.807, 2.05) is 0 Å². The second-order valence-corrected chi connectivity index (χ2v) is 6.99. The highest BCUT2D eigenvalue weighted by Gasteiger charge is 2.20. The van der Waals surface area contributed by atoms with Crippen LogP contribution in [0.15, 0.2) is 18.9 Å². The molecule has 0 aliphatic heterocycles. The molecule has 0 aromatic carbocycles. The molecule has 0 spiro atoms. The number of rotatable bonds is 7. The molecule has 10 heteroatoms. The van der Waals surface area contributed by atoms with Crippen molar-refractivity contribution in [2.24, 2.45) is 0 Å². The van der Waals surface area contributed by atoms with Gasteiger partial charge >= 0.3 is 5.97 Å². The first-order chi connectivity index (χ1) is 9.70. The Morgan fingerprint density at radius 1 is 1.14 bits per heavy atom. The third-order valence-corrected chi connectivity index (χ3v) is 5.08. The average Bonchev–Trinajstić information content (AvgIpc) is 2.42. The predicted molar refractivity (Wildman–Crippen MR) is 90.0 cm³/mol. The van der Waals surface area contributed by atoms with Crippen molar-refractivity contribution in [1.29, 1.82) is 0 Å². The van der Waals surface area contributed by atoms with Gasteiger partial charge in [0.2, 0.25) is 5.91 Å². The molecule has 0 aliphatic rings. The highest BCUT2D eigenvalue weighted by molar-refractivity contribution is 8.04. The number of hydrogen-bond acceptors (Lipinski definition) is 4. The number of amides is 1. The second kappa shape index (κ2) is 10.9. The molecular weight excluding hydrogens is 403 g/mol. The summed E-state index contributed by atoms with van der Waals surface area (Å²) in [5.74, 6) is -0.493. The fourth-order valence-corrected chi connectivity index (χ4v) is 2.97.